The van der Waals surface area contributed by atoms with Crippen molar-refractivity contribution in [2.24, 2.45) is 0 Å². The minimum Gasteiger partial charge on any atom is -0.508 e. The van der Waals surface area contributed by atoms with E-state index in [1.165, 1.54) is 10.9 Å². The summed E-state index contributed by atoms with van der Waals surface area (Å²) in [5.41, 5.74) is 5.44. The third-order valence-electron chi connectivity index (χ3n) is 5.47. The molecular weight excluding hydrogens is 356 g/mol. The number of hydrogen-bond acceptors (Lipinski definition) is 2. The summed E-state index contributed by atoms with van der Waals surface area (Å²) in [4.78, 5) is 3.59. The summed E-state index contributed by atoms with van der Waals surface area (Å²) in [6.45, 7) is 0.748. The van der Waals surface area contributed by atoms with Crippen molar-refractivity contribution < 1.29 is 5.11 Å². The first kappa shape index (κ1) is 16.4. The van der Waals surface area contributed by atoms with Gasteiger partial charge in [0.1, 0.15) is 5.75 Å². The third kappa shape index (κ3) is 2.62. The van der Waals surface area contributed by atoms with Gasteiger partial charge < -0.3 is 15.4 Å². The van der Waals surface area contributed by atoms with Crippen LogP contribution in [0.15, 0.2) is 72.8 Å². The molecule has 0 aliphatic carbocycles. The highest BCUT2D eigenvalue weighted by Crippen LogP contribution is 2.44. The fraction of sp³-hybridized carbons (Fsp3) is 0.130. The summed E-state index contributed by atoms with van der Waals surface area (Å²) in [5.74, 6) is 0.447. The highest BCUT2D eigenvalue weighted by molar-refractivity contribution is 6.31. The minimum absolute atomic E-state index is 0.0904. The predicted octanol–water partition coefficient (Wildman–Crippen LogP) is 5.35. The highest BCUT2D eigenvalue weighted by Gasteiger charge is 2.33. The molecule has 0 bridgehead atoms. The van der Waals surface area contributed by atoms with Crippen molar-refractivity contribution in [3.8, 4) is 5.75 Å². The Hall–Kier alpha value is -2.75. The van der Waals surface area contributed by atoms with Gasteiger partial charge in [-0.3, -0.25) is 0 Å². The van der Waals surface area contributed by atoms with Gasteiger partial charge in [0.15, 0.2) is 0 Å². The molecule has 1 aliphatic heterocycles. The molecule has 0 saturated heterocycles. The number of halogens is 1. The summed E-state index contributed by atoms with van der Waals surface area (Å²) in [7, 11) is 0. The van der Waals surface area contributed by atoms with E-state index >= 15 is 0 Å². The number of phenols is 1. The van der Waals surface area contributed by atoms with Crippen LogP contribution in [0.4, 0.5) is 0 Å². The first-order valence-electron chi connectivity index (χ1n) is 9.10. The van der Waals surface area contributed by atoms with E-state index < -0.39 is 0 Å². The summed E-state index contributed by atoms with van der Waals surface area (Å²) in [5, 5.41) is 16.0. The summed E-state index contributed by atoms with van der Waals surface area (Å²) < 4.78 is 0. The zero-order valence-electron chi connectivity index (χ0n) is 14.6. The van der Waals surface area contributed by atoms with Crippen LogP contribution < -0.4 is 5.32 Å². The van der Waals surface area contributed by atoms with Crippen LogP contribution in [-0.4, -0.2) is 16.6 Å². The summed E-state index contributed by atoms with van der Waals surface area (Å²) in [6, 6.07) is 23.8. The van der Waals surface area contributed by atoms with Gasteiger partial charge in [-0.1, -0.05) is 66.2 Å². The average molecular weight is 375 g/mol. The van der Waals surface area contributed by atoms with E-state index in [0.717, 1.165) is 33.9 Å². The van der Waals surface area contributed by atoms with Crippen molar-refractivity contribution in [1.29, 1.82) is 0 Å². The molecule has 4 aromatic rings. The molecule has 2 atom stereocenters. The molecule has 0 radical (unpaired) electrons. The van der Waals surface area contributed by atoms with Crippen LogP contribution in [0.1, 0.15) is 34.3 Å². The van der Waals surface area contributed by atoms with E-state index in [9.17, 15) is 5.11 Å². The first-order chi connectivity index (χ1) is 13.2. The number of aromatic hydroxyl groups is 1. The molecule has 0 amide bonds. The van der Waals surface area contributed by atoms with E-state index in [-0.39, 0.29) is 12.0 Å². The number of fused-ring (bicyclic) bond motifs is 3. The molecule has 4 heteroatoms. The second-order valence-electron chi connectivity index (χ2n) is 6.97. The maximum Gasteiger partial charge on any atom is 0.120 e. The second-order valence-corrected chi connectivity index (χ2v) is 7.38. The highest BCUT2D eigenvalue weighted by atomic mass is 35.5. The molecule has 0 fully saturated rings. The van der Waals surface area contributed by atoms with Crippen LogP contribution in [-0.2, 0) is 0 Å². The van der Waals surface area contributed by atoms with Crippen LogP contribution in [0.25, 0.3) is 10.9 Å². The van der Waals surface area contributed by atoms with Gasteiger partial charge in [-0.2, -0.15) is 0 Å². The Labute approximate surface area is 162 Å². The molecular formula is C23H19ClN2O. The van der Waals surface area contributed by atoms with Gasteiger partial charge in [-0.05, 0) is 29.3 Å². The van der Waals surface area contributed by atoms with Crippen LogP contribution in [0.2, 0.25) is 5.02 Å². The maximum absolute atomic E-state index is 10.4. The number of rotatable bonds is 2. The van der Waals surface area contributed by atoms with Crippen molar-refractivity contribution in [3.05, 3.63) is 100 Å². The van der Waals surface area contributed by atoms with Crippen molar-refractivity contribution >= 4 is 22.5 Å². The van der Waals surface area contributed by atoms with E-state index in [1.54, 1.807) is 6.07 Å². The normalized spacial score (nSPS) is 19.1. The lowest BCUT2D eigenvalue weighted by molar-refractivity contribution is 0.448. The summed E-state index contributed by atoms with van der Waals surface area (Å²) >= 11 is 6.54. The lowest BCUT2D eigenvalue weighted by Gasteiger charge is -2.32. The van der Waals surface area contributed by atoms with Gasteiger partial charge in [0.05, 0.1) is 6.04 Å². The summed E-state index contributed by atoms with van der Waals surface area (Å²) in [6.07, 6.45) is 0. The number of para-hydroxylation sites is 2. The topological polar surface area (TPSA) is 48.0 Å². The molecule has 1 aliphatic rings. The molecule has 1 aromatic heterocycles. The lowest BCUT2D eigenvalue weighted by atomic mass is 9.83. The largest absolute Gasteiger partial charge is 0.508 e. The van der Waals surface area contributed by atoms with Crippen molar-refractivity contribution in [2.75, 3.05) is 6.54 Å². The zero-order valence-corrected chi connectivity index (χ0v) is 15.4. The number of benzene rings is 3. The molecule has 0 spiro atoms. The maximum atomic E-state index is 10.4. The number of nitrogens with one attached hydrogen (secondary N) is 2. The molecule has 0 saturated carbocycles. The first-order valence-corrected chi connectivity index (χ1v) is 9.48. The lowest BCUT2D eigenvalue weighted by Crippen LogP contribution is -2.34. The van der Waals surface area contributed by atoms with Gasteiger partial charge in [-0.25, -0.2) is 0 Å². The minimum atomic E-state index is -0.0904. The Bertz CT molecular complexity index is 1130. The smallest absolute Gasteiger partial charge is 0.120 e. The molecule has 0 unspecified atom stereocenters. The quantitative estimate of drug-likeness (QED) is 0.443. The standard InChI is InChI=1S/C23H19ClN2O/c24-18-10-4-1-7-14(18)17-13-25-22(16-9-3-6-12-20(16)27)23-21(17)15-8-2-5-11-19(15)26-23/h1-12,17,22,25-27H,13H2/t17-,22-/m1/s1. The molecule has 5 rings (SSSR count). The van der Waals surface area contributed by atoms with Gasteiger partial charge in [0, 0.05) is 39.6 Å². The van der Waals surface area contributed by atoms with Crippen molar-refractivity contribution in [1.82, 2.24) is 10.3 Å². The van der Waals surface area contributed by atoms with Gasteiger partial charge in [0.2, 0.25) is 0 Å². The Morgan fingerprint density at radius 1 is 0.852 bits per heavy atom. The second kappa shape index (κ2) is 6.45. The third-order valence-corrected chi connectivity index (χ3v) is 5.81. The average Bonchev–Trinajstić information content (AvgIpc) is 3.08. The van der Waals surface area contributed by atoms with E-state index in [1.807, 2.05) is 42.5 Å². The zero-order chi connectivity index (χ0) is 18.4. The monoisotopic (exact) mass is 374 g/mol. The number of H-pyrrole nitrogens is 1. The van der Waals surface area contributed by atoms with Crippen LogP contribution in [0, 0.1) is 0 Å². The number of phenolic OH excluding ortho intramolecular Hbond substituents is 1. The molecule has 2 heterocycles. The van der Waals surface area contributed by atoms with E-state index in [4.69, 9.17) is 11.6 Å². The number of aromatic amines is 1. The Morgan fingerprint density at radius 3 is 2.37 bits per heavy atom. The van der Waals surface area contributed by atoms with E-state index in [0.29, 0.717) is 5.75 Å². The van der Waals surface area contributed by atoms with E-state index in [2.05, 4.69) is 34.6 Å². The van der Waals surface area contributed by atoms with Crippen LogP contribution >= 0.6 is 11.6 Å². The molecule has 3 aromatic carbocycles. The van der Waals surface area contributed by atoms with Crippen molar-refractivity contribution in [2.45, 2.75) is 12.0 Å². The molecule has 27 heavy (non-hydrogen) atoms. The Balaban J connectivity index is 1.75. The fourth-order valence-corrected chi connectivity index (χ4v) is 4.52. The predicted molar refractivity (Wildman–Crippen MR) is 110 cm³/mol. The molecule has 3 N–H and O–H groups in total. The van der Waals surface area contributed by atoms with Crippen LogP contribution in [0.5, 0.6) is 5.75 Å². The molecule has 134 valence electrons. The van der Waals surface area contributed by atoms with Gasteiger partial charge >= 0.3 is 0 Å². The molecule has 3 nitrogen and oxygen atoms in total. The van der Waals surface area contributed by atoms with Crippen molar-refractivity contribution in [3.63, 3.8) is 0 Å². The fourth-order valence-electron chi connectivity index (χ4n) is 4.25. The SMILES string of the molecule is Oc1ccccc1[C@H]1NC[C@H](c2ccccc2Cl)c2c1[nH]c1ccccc21. The van der Waals surface area contributed by atoms with Gasteiger partial charge in [0.25, 0.3) is 0 Å². The van der Waals surface area contributed by atoms with Gasteiger partial charge in [-0.15, -0.1) is 0 Å². The Kier molecular flexibility index (Phi) is 3.92. The Morgan fingerprint density at radius 2 is 1.56 bits per heavy atom. The van der Waals surface area contributed by atoms with Crippen LogP contribution in [0.3, 0.4) is 0 Å². The number of hydrogen-bond donors (Lipinski definition) is 3. The number of aromatic nitrogens is 1.